The van der Waals surface area contributed by atoms with Crippen LogP contribution in [-0.4, -0.2) is 18.4 Å². The fraction of sp³-hybridized carbons (Fsp3) is 0.833. The number of carbonyl (C=O) groups is 2. The normalized spacial score (nSPS) is 10.0. The molecule has 0 saturated heterocycles. The number of ether oxygens (including phenoxy) is 1. The van der Waals surface area contributed by atoms with Crippen LogP contribution in [0.25, 0.3) is 0 Å². The Morgan fingerprint density at radius 3 is 2.33 bits per heavy atom. The zero-order valence-corrected chi connectivity index (χ0v) is 9.88. The molecule has 0 saturated carbocycles. The number of hydrogen-bond donors (Lipinski definition) is 0. The average Bonchev–Trinajstić information content (AvgIpc) is 2.21. The number of unbranched alkanes of at least 4 members (excludes halogenated alkanes) is 3. The fourth-order valence-electron chi connectivity index (χ4n) is 1.27. The predicted molar refractivity (Wildman–Crippen MR) is 59.6 cm³/mol. The van der Waals surface area contributed by atoms with E-state index in [0.29, 0.717) is 13.0 Å². The van der Waals surface area contributed by atoms with Gasteiger partial charge in [0.05, 0.1) is 6.61 Å². The SMILES string of the molecule is CCCCCCC(=O)CC(=O)OCCC. The van der Waals surface area contributed by atoms with Crippen molar-refractivity contribution in [1.82, 2.24) is 0 Å². The summed E-state index contributed by atoms with van der Waals surface area (Å²) in [7, 11) is 0. The molecule has 0 aliphatic carbocycles. The van der Waals surface area contributed by atoms with Crippen LogP contribution >= 0.6 is 0 Å². The van der Waals surface area contributed by atoms with Gasteiger partial charge < -0.3 is 4.74 Å². The smallest absolute Gasteiger partial charge is 0.313 e. The third-order valence-electron chi connectivity index (χ3n) is 2.12. The van der Waals surface area contributed by atoms with E-state index in [2.05, 4.69) is 6.92 Å². The van der Waals surface area contributed by atoms with E-state index in [-0.39, 0.29) is 18.2 Å². The minimum atomic E-state index is -0.377. The highest BCUT2D eigenvalue weighted by molar-refractivity contribution is 5.95. The van der Waals surface area contributed by atoms with E-state index in [0.717, 1.165) is 32.1 Å². The standard InChI is InChI=1S/C12H22O3/c1-3-5-6-7-8-11(13)10-12(14)15-9-4-2/h3-10H2,1-2H3. The maximum absolute atomic E-state index is 11.3. The summed E-state index contributed by atoms with van der Waals surface area (Å²) in [6.45, 7) is 4.48. The van der Waals surface area contributed by atoms with Crippen molar-refractivity contribution in [3.63, 3.8) is 0 Å². The van der Waals surface area contributed by atoms with Crippen LogP contribution < -0.4 is 0 Å². The van der Waals surface area contributed by atoms with Crippen molar-refractivity contribution in [3.8, 4) is 0 Å². The molecule has 15 heavy (non-hydrogen) atoms. The molecule has 0 heterocycles. The minimum Gasteiger partial charge on any atom is -0.465 e. The van der Waals surface area contributed by atoms with E-state index in [4.69, 9.17) is 4.74 Å². The Morgan fingerprint density at radius 2 is 1.73 bits per heavy atom. The highest BCUT2D eigenvalue weighted by Gasteiger charge is 2.09. The first kappa shape index (κ1) is 14.1. The number of rotatable bonds is 9. The summed E-state index contributed by atoms with van der Waals surface area (Å²) in [5.74, 6) is -0.371. The third kappa shape index (κ3) is 9.44. The van der Waals surface area contributed by atoms with Gasteiger partial charge in [-0.1, -0.05) is 33.1 Å². The van der Waals surface area contributed by atoms with E-state index < -0.39 is 0 Å². The first-order valence-electron chi connectivity index (χ1n) is 5.88. The Kier molecular flexibility index (Phi) is 9.13. The zero-order chi connectivity index (χ0) is 11.5. The van der Waals surface area contributed by atoms with Crippen molar-refractivity contribution in [1.29, 1.82) is 0 Å². The van der Waals surface area contributed by atoms with Crippen LogP contribution in [0.5, 0.6) is 0 Å². The van der Waals surface area contributed by atoms with Crippen molar-refractivity contribution in [2.45, 2.75) is 58.8 Å². The summed E-state index contributed by atoms with van der Waals surface area (Å²) >= 11 is 0. The van der Waals surface area contributed by atoms with E-state index in [1.165, 1.54) is 0 Å². The summed E-state index contributed by atoms with van der Waals surface area (Å²) in [5, 5.41) is 0. The van der Waals surface area contributed by atoms with Crippen LogP contribution in [0, 0.1) is 0 Å². The summed E-state index contributed by atoms with van der Waals surface area (Å²) in [5.41, 5.74) is 0. The molecular weight excluding hydrogens is 192 g/mol. The number of Topliss-reactive ketones (excluding diaryl/α,β-unsaturated/α-hetero) is 1. The van der Waals surface area contributed by atoms with Crippen LogP contribution in [0.15, 0.2) is 0 Å². The first-order valence-corrected chi connectivity index (χ1v) is 5.88. The molecule has 3 heteroatoms. The fourth-order valence-corrected chi connectivity index (χ4v) is 1.27. The van der Waals surface area contributed by atoms with Gasteiger partial charge in [0.25, 0.3) is 0 Å². The van der Waals surface area contributed by atoms with E-state index in [1.54, 1.807) is 0 Å². The van der Waals surface area contributed by atoms with E-state index in [1.807, 2.05) is 6.92 Å². The van der Waals surface area contributed by atoms with Crippen LogP contribution in [0.4, 0.5) is 0 Å². The molecule has 0 spiro atoms. The molecule has 3 nitrogen and oxygen atoms in total. The van der Waals surface area contributed by atoms with Gasteiger partial charge in [-0.3, -0.25) is 9.59 Å². The van der Waals surface area contributed by atoms with Crippen molar-refractivity contribution < 1.29 is 14.3 Å². The number of ketones is 1. The molecule has 0 bridgehead atoms. The molecule has 0 N–H and O–H groups in total. The number of carbonyl (C=O) groups excluding carboxylic acids is 2. The van der Waals surface area contributed by atoms with Gasteiger partial charge in [0.2, 0.25) is 0 Å². The van der Waals surface area contributed by atoms with Crippen molar-refractivity contribution >= 4 is 11.8 Å². The maximum Gasteiger partial charge on any atom is 0.313 e. The Bertz CT molecular complexity index is 187. The molecule has 0 aliphatic heterocycles. The second-order valence-electron chi connectivity index (χ2n) is 3.75. The average molecular weight is 214 g/mol. The Morgan fingerprint density at radius 1 is 1.00 bits per heavy atom. The lowest BCUT2D eigenvalue weighted by atomic mass is 10.1. The molecule has 0 unspecified atom stereocenters. The lowest BCUT2D eigenvalue weighted by Crippen LogP contribution is -2.11. The molecule has 0 fully saturated rings. The first-order chi connectivity index (χ1) is 7.20. The van der Waals surface area contributed by atoms with Crippen molar-refractivity contribution in [2.24, 2.45) is 0 Å². The van der Waals surface area contributed by atoms with E-state index >= 15 is 0 Å². The lowest BCUT2D eigenvalue weighted by molar-refractivity contribution is -0.146. The Balaban J connectivity index is 3.43. The highest BCUT2D eigenvalue weighted by Crippen LogP contribution is 2.04. The molecular formula is C12H22O3. The molecule has 0 aliphatic rings. The van der Waals surface area contributed by atoms with Gasteiger partial charge in [0.15, 0.2) is 0 Å². The van der Waals surface area contributed by atoms with Gasteiger partial charge in [0, 0.05) is 6.42 Å². The van der Waals surface area contributed by atoms with Crippen molar-refractivity contribution in [3.05, 3.63) is 0 Å². The second-order valence-corrected chi connectivity index (χ2v) is 3.75. The van der Waals surface area contributed by atoms with E-state index in [9.17, 15) is 9.59 Å². The topological polar surface area (TPSA) is 43.4 Å². The summed E-state index contributed by atoms with van der Waals surface area (Å²) in [6, 6.07) is 0. The van der Waals surface area contributed by atoms with Gasteiger partial charge >= 0.3 is 5.97 Å². The molecule has 0 atom stereocenters. The molecule has 0 aromatic heterocycles. The highest BCUT2D eigenvalue weighted by atomic mass is 16.5. The second kappa shape index (κ2) is 9.69. The molecule has 0 rings (SSSR count). The molecule has 0 aromatic rings. The number of esters is 1. The van der Waals surface area contributed by atoms with Gasteiger partial charge in [0.1, 0.15) is 12.2 Å². The Hall–Kier alpha value is -0.860. The molecule has 0 radical (unpaired) electrons. The maximum atomic E-state index is 11.3. The third-order valence-corrected chi connectivity index (χ3v) is 2.12. The Labute approximate surface area is 92.2 Å². The van der Waals surface area contributed by atoms with Crippen LogP contribution in [0.1, 0.15) is 58.8 Å². The summed E-state index contributed by atoms with van der Waals surface area (Å²) in [6.07, 6.45) is 5.56. The predicted octanol–water partition coefficient (Wildman–Crippen LogP) is 2.87. The molecule has 88 valence electrons. The van der Waals surface area contributed by atoms with Crippen LogP contribution in [0.3, 0.4) is 0 Å². The molecule has 0 aromatic carbocycles. The van der Waals surface area contributed by atoms with Gasteiger partial charge in [-0.15, -0.1) is 0 Å². The summed E-state index contributed by atoms with van der Waals surface area (Å²) < 4.78 is 4.83. The van der Waals surface area contributed by atoms with Crippen LogP contribution in [0.2, 0.25) is 0 Å². The van der Waals surface area contributed by atoms with Gasteiger partial charge in [-0.05, 0) is 12.8 Å². The molecule has 0 amide bonds. The summed E-state index contributed by atoms with van der Waals surface area (Å²) in [4.78, 5) is 22.3. The lowest BCUT2D eigenvalue weighted by Gasteiger charge is -2.02. The number of hydrogen-bond acceptors (Lipinski definition) is 3. The monoisotopic (exact) mass is 214 g/mol. The minimum absolute atomic E-state index is 0.00667. The van der Waals surface area contributed by atoms with Gasteiger partial charge in [-0.2, -0.15) is 0 Å². The quantitative estimate of drug-likeness (QED) is 0.337. The van der Waals surface area contributed by atoms with Gasteiger partial charge in [-0.25, -0.2) is 0 Å². The van der Waals surface area contributed by atoms with Crippen molar-refractivity contribution in [2.75, 3.05) is 6.61 Å². The largest absolute Gasteiger partial charge is 0.465 e. The van der Waals surface area contributed by atoms with Crippen LogP contribution in [-0.2, 0) is 14.3 Å². The zero-order valence-electron chi connectivity index (χ0n) is 9.88.